The molecule has 1 aliphatic rings. The van der Waals surface area contributed by atoms with E-state index in [1.54, 1.807) is 0 Å². The molecule has 25 heavy (non-hydrogen) atoms. The summed E-state index contributed by atoms with van der Waals surface area (Å²) in [7, 11) is -1.43. The maximum atomic E-state index is 6.05. The third-order valence-electron chi connectivity index (χ3n) is 4.83. The molecule has 0 saturated carbocycles. The lowest BCUT2D eigenvalue weighted by molar-refractivity contribution is 0.554. The van der Waals surface area contributed by atoms with Crippen LogP contribution in [-0.4, -0.2) is 8.07 Å². The van der Waals surface area contributed by atoms with Gasteiger partial charge in [-0.1, -0.05) is 61.6 Å². The second-order valence-corrected chi connectivity index (χ2v) is 13.1. The van der Waals surface area contributed by atoms with Crippen molar-refractivity contribution in [1.29, 1.82) is 0 Å². The molecule has 0 unspecified atom stereocenters. The van der Waals surface area contributed by atoms with E-state index in [4.69, 9.17) is 16.0 Å². The molecule has 0 amide bonds. The van der Waals surface area contributed by atoms with Crippen LogP contribution in [0.5, 0.6) is 0 Å². The summed E-state index contributed by atoms with van der Waals surface area (Å²) in [5.74, 6) is 1.08. The molecule has 2 aromatic carbocycles. The van der Waals surface area contributed by atoms with Crippen molar-refractivity contribution in [2.75, 3.05) is 0 Å². The highest BCUT2D eigenvalue weighted by molar-refractivity contribution is 6.89. The van der Waals surface area contributed by atoms with Crippen molar-refractivity contribution >= 4 is 36.5 Å². The molecule has 1 heterocycles. The van der Waals surface area contributed by atoms with Crippen molar-refractivity contribution in [2.45, 2.75) is 26.1 Å². The Labute approximate surface area is 155 Å². The quantitative estimate of drug-likeness (QED) is 0.501. The van der Waals surface area contributed by atoms with Crippen LogP contribution in [-0.2, 0) is 6.42 Å². The van der Waals surface area contributed by atoms with Crippen LogP contribution in [0, 0.1) is 0 Å². The predicted molar refractivity (Wildman–Crippen MR) is 110 cm³/mol. The van der Waals surface area contributed by atoms with E-state index in [1.807, 2.05) is 18.4 Å². The lowest BCUT2D eigenvalue weighted by Crippen LogP contribution is -2.38. The van der Waals surface area contributed by atoms with Gasteiger partial charge in [0, 0.05) is 11.4 Å². The number of hydrogen-bond acceptors (Lipinski definition) is 1. The van der Waals surface area contributed by atoms with Crippen molar-refractivity contribution in [2.24, 2.45) is 0 Å². The molecule has 1 aromatic heterocycles. The third kappa shape index (κ3) is 3.01. The fourth-order valence-corrected chi connectivity index (χ4v) is 5.16. The van der Waals surface area contributed by atoms with Crippen molar-refractivity contribution in [3.8, 4) is 11.1 Å². The SMILES string of the molecule is C[Si](C)(C)c1ccoc1C1=Cc2cccc(-c3ccc(Cl)cc3)c2C1. The summed E-state index contributed by atoms with van der Waals surface area (Å²) in [6.45, 7) is 7.09. The molecule has 0 radical (unpaired) electrons. The van der Waals surface area contributed by atoms with Crippen LogP contribution in [0.15, 0.2) is 59.2 Å². The van der Waals surface area contributed by atoms with E-state index in [1.165, 1.54) is 33.0 Å². The van der Waals surface area contributed by atoms with E-state index in [2.05, 4.69) is 62.1 Å². The fraction of sp³-hybridized carbons (Fsp3) is 0.182. The lowest BCUT2D eigenvalue weighted by Gasteiger charge is -2.16. The summed E-state index contributed by atoms with van der Waals surface area (Å²) in [6.07, 6.45) is 5.04. The highest BCUT2D eigenvalue weighted by Crippen LogP contribution is 2.38. The number of furan rings is 1. The van der Waals surface area contributed by atoms with Gasteiger partial charge in [0.25, 0.3) is 0 Å². The zero-order valence-corrected chi connectivity index (χ0v) is 16.5. The molecule has 1 nitrogen and oxygen atoms in total. The smallest absolute Gasteiger partial charge is 0.129 e. The molecule has 0 spiro atoms. The van der Waals surface area contributed by atoms with Crippen LogP contribution in [0.1, 0.15) is 16.9 Å². The summed E-state index contributed by atoms with van der Waals surface area (Å²) in [4.78, 5) is 0. The number of benzene rings is 2. The standard InChI is InChI=1S/C22H21ClOSi/c1-25(2,3)21-11-12-24-22(21)17-13-16-5-4-6-19(20(16)14-17)15-7-9-18(23)10-8-15/h4-13H,14H2,1-3H3. The van der Waals surface area contributed by atoms with Gasteiger partial charge in [-0.15, -0.1) is 0 Å². The van der Waals surface area contributed by atoms with Gasteiger partial charge in [0.2, 0.25) is 0 Å². The third-order valence-corrected chi connectivity index (χ3v) is 7.09. The van der Waals surface area contributed by atoms with Crippen molar-refractivity contribution in [3.05, 3.63) is 76.7 Å². The van der Waals surface area contributed by atoms with Crippen molar-refractivity contribution in [3.63, 3.8) is 0 Å². The Balaban J connectivity index is 1.75. The van der Waals surface area contributed by atoms with Gasteiger partial charge >= 0.3 is 0 Å². The van der Waals surface area contributed by atoms with E-state index in [9.17, 15) is 0 Å². The Morgan fingerprint density at radius 2 is 1.72 bits per heavy atom. The maximum absolute atomic E-state index is 6.05. The van der Waals surface area contributed by atoms with E-state index < -0.39 is 8.07 Å². The van der Waals surface area contributed by atoms with Gasteiger partial charge in [0.05, 0.1) is 14.3 Å². The second-order valence-electron chi connectivity index (χ2n) is 7.64. The number of allylic oxidation sites excluding steroid dienone is 1. The minimum Gasteiger partial charge on any atom is -0.465 e. The Morgan fingerprint density at radius 1 is 0.960 bits per heavy atom. The summed E-state index contributed by atoms with van der Waals surface area (Å²) in [5, 5.41) is 2.17. The van der Waals surface area contributed by atoms with Crippen LogP contribution in [0.4, 0.5) is 0 Å². The Kier molecular flexibility index (Phi) is 3.97. The Morgan fingerprint density at radius 3 is 2.44 bits per heavy atom. The molecule has 3 aromatic rings. The van der Waals surface area contributed by atoms with Crippen LogP contribution in [0.25, 0.3) is 22.8 Å². The van der Waals surface area contributed by atoms with Gasteiger partial charge < -0.3 is 4.42 Å². The summed E-state index contributed by atoms with van der Waals surface area (Å²) >= 11 is 6.05. The molecule has 1 aliphatic carbocycles. The van der Waals surface area contributed by atoms with Crippen LogP contribution >= 0.6 is 11.6 Å². The molecule has 0 N–H and O–H groups in total. The molecule has 0 fully saturated rings. The zero-order chi connectivity index (χ0) is 17.6. The number of rotatable bonds is 3. The summed E-state index contributed by atoms with van der Waals surface area (Å²) in [5.41, 5.74) is 6.44. The normalized spacial score (nSPS) is 13.7. The number of hydrogen-bond donors (Lipinski definition) is 0. The predicted octanol–water partition coefficient (Wildman–Crippen LogP) is 6.24. The molecule has 126 valence electrons. The highest BCUT2D eigenvalue weighted by atomic mass is 35.5. The van der Waals surface area contributed by atoms with Crippen molar-refractivity contribution < 1.29 is 4.42 Å². The summed E-state index contributed by atoms with van der Waals surface area (Å²) < 4.78 is 5.92. The topological polar surface area (TPSA) is 13.1 Å². The first-order valence-electron chi connectivity index (χ1n) is 8.60. The lowest BCUT2D eigenvalue weighted by atomic mass is 9.96. The maximum Gasteiger partial charge on any atom is 0.129 e. The molecule has 0 aliphatic heterocycles. The van der Waals surface area contributed by atoms with E-state index >= 15 is 0 Å². The second kappa shape index (κ2) is 6.05. The monoisotopic (exact) mass is 364 g/mol. The average molecular weight is 365 g/mol. The number of halogens is 1. The first-order chi connectivity index (χ1) is 11.9. The van der Waals surface area contributed by atoms with Gasteiger partial charge in [0.15, 0.2) is 0 Å². The molecule has 0 saturated heterocycles. The minimum absolute atomic E-state index is 0.769. The van der Waals surface area contributed by atoms with Crippen LogP contribution in [0.2, 0.25) is 24.7 Å². The molecule has 3 heteroatoms. The molecular formula is C22H21ClOSi. The largest absolute Gasteiger partial charge is 0.465 e. The highest BCUT2D eigenvalue weighted by Gasteiger charge is 2.27. The summed E-state index contributed by atoms with van der Waals surface area (Å²) in [6, 6.07) is 16.8. The van der Waals surface area contributed by atoms with Gasteiger partial charge in [0.1, 0.15) is 5.76 Å². The Bertz CT molecular complexity index is 958. The molecular weight excluding hydrogens is 344 g/mol. The van der Waals surface area contributed by atoms with Crippen LogP contribution in [0.3, 0.4) is 0 Å². The van der Waals surface area contributed by atoms with Gasteiger partial charge in [-0.25, -0.2) is 0 Å². The van der Waals surface area contributed by atoms with Crippen molar-refractivity contribution in [1.82, 2.24) is 0 Å². The van der Waals surface area contributed by atoms with E-state index in [-0.39, 0.29) is 0 Å². The van der Waals surface area contributed by atoms with E-state index in [0.29, 0.717) is 0 Å². The zero-order valence-electron chi connectivity index (χ0n) is 14.8. The van der Waals surface area contributed by atoms with E-state index in [0.717, 1.165) is 17.2 Å². The minimum atomic E-state index is -1.43. The van der Waals surface area contributed by atoms with Gasteiger partial charge in [-0.05, 0) is 57.3 Å². The molecule has 0 atom stereocenters. The van der Waals surface area contributed by atoms with Gasteiger partial charge in [-0.2, -0.15) is 0 Å². The average Bonchev–Trinajstić information content (AvgIpc) is 3.21. The molecule has 4 rings (SSSR count). The number of fused-ring (bicyclic) bond motifs is 1. The fourth-order valence-electron chi connectivity index (χ4n) is 3.56. The van der Waals surface area contributed by atoms with Crippen LogP contribution < -0.4 is 5.19 Å². The first-order valence-corrected chi connectivity index (χ1v) is 12.5. The van der Waals surface area contributed by atoms with Gasteiger partial charge in [-0.3, -0.25) is 0 Å². The Hall–Kier alpha value is -2.03. The first kappa shape index (κ1) is 16.4. The molecule has 0 bridgehead atoms.